The summed E-state index contributed by atoms with van der Waals surface area (Å²) in [4.78, 5) is 9.59. The van der Waals surface area contributed by atoms with Crippen LogP contribution >= 0.6 is 0 Å². The van der Waals surface area contributed by atoms with Crippen LogP contribution < -0.4 is 9.62 Å². The standard InChI is InChI=1S/C15H17F3N4O2S/c1-10-7-14(22(2)3)21-13(20-10)9-19-25(23,24)12-6-4-5-11(8-12)15(16,17)18/h4-8,19H,9H2,1-3H3. The summed E-state index contributed by atoms with van der Waals surface area (Å²) in [7, 11) is -0.579. The molecule has 2 rings (SSSR count). The van der Waals surface area contributed by atoms with Gasteiger partial charge in [-0.1, -0.05) is 6.07 Å². The first kappa shape index (κ1) is 19.1. The van der Waals surface area contributed by atoms with Gasteiger partial charge in [-0.2, -0.15) is 13.2 Å². The molecule has 0 radical (unpaired) electrons. The topological polar surface area (TPSA) is 75.2 Å². The first-order chi connectivity index (χ1) is 11.5. The Balaban J connectivity index is 2.23. The van der Waals surface area contributed by atoms with E-state index < -0.39 is 26.7 Å². The number of hydrogen-bond acceptors (Lipinski definition) is 5. The van der Waals surface area contributed by atoms with Crippen molar-refractivity contribution in [1.82, 2.24) is 14.7 Å². The van der Waals surface area contributed by atoms with Gasteiger partial charge in [-0.15, -0.1) is 0 Å². The van der Waals surface area contributed by atoms with E-state index in [0.717, 1.165) is 18.2 Å². The van der Waals surface area contributed by atoms with Crippen LogP contribution in [-0.4, -0.2) is 32.5 Å². The summed E-state index contributed by atoms with van der Waals surface area (Å²) >= 11 is 0. The fraction of sp³-hybridized carbons (Fsp3) is 0.333. The molecule has 10 heteroatoms. The van der Waals surface area contributed by atoms with Crippen LogP contribution in [0.25, 0.3) is 0 Å². The predicted octanol–water partition coefficient (Wildman–Crippen LogP) is 2.35. The number of hydrogen-bond donors (Lipinski definition) is 1. The van der Waals surface area contributed by atoms with Crippen molar-refractivity contribution in [3.63, 3.8) is 0 Å². The van der Waals surface area contributed by atoms with Gasteiger partial charge in [0.2, 0.25) is 10.0 Å². The van der Waals surface area contributed by atoms with Crippen LogP contribution in [0.1, 0.15) is 17.1 Å². The molecule has 25 heavy (non-hydrogen) atoms. The van der Waals surface area contributed by atoms with E-state index in [-0.39, 0.29) is 12.4 Å². The number of anilines is 1. The van der Waals surface area contributed by atoms with Gasteiger partial charge in [0.05, 0.1) is 17.0 Å². The van der Waals surface area contributed by atoms with E-state index in [1.807, 2.05) is 0 Å². The summed E-state index contributed by atoms with van der Waals surface area (Å²) in [5, 5.41) is 0. The van der Waals surface area contributed by atoms with E-state index in [1.165, 1.54) is 0 Å². The SMILES string of the molecule is Cc1cc(N(C)C)nc(CNS(=O)(=O)c2cccc(C(F)(F)F)c2)n1. The Morgan fingerprint density at radius 2 is 1.84 bits per heavy atom. The summed E-state index contributed by atoms with van der Waals surface area (Å²) in [5.74, 6) is 0.819. The lowest BCUT2D eigenvalue weighted by molar-refractivity contribution is -0.137. The molecule has 0 saturated carbocycles. The summed E-state index contributed by atoms with van der Waals surface area (Å²) in [5.41, 5.74) is -0.385. The van der Waals surface area contributed by atoms with Gasteiger partial charge in [0.1, 0.15) is 11.6 Å². The monoisotopic (exact) mass is 374 g/mol. The molecule has 0 unspecified atom stereocenters. The minimum absolute atomic E-state index is 0.222. The van der Waals surface area contributed by atoms with E-state index in [1.54, 1.807) is 32.0 Å². The van der Waals surface area contributed by atoms with Crippen LogP contribution in [0.15, 0.2) is 35.2 Å². The molecule has 0 saturated heterocycles. The van der Waals surface area contributed by atoms with Crippen molar-refractivity contribution in [2.24, 2.45) is 0 Å². The molecule has 1 heterocycles. The number of nitrogens with zero attached hydrogens (tertiary/aromatic N) is 3. The van der Waals surface area contributed by atoms with E-state index >= 15 is 0 Å². The van der Waals surface area contributed by atoms with Gasteiger partial charge in [-0.25, -0.2) is 23.1 Å². The third-order valence-corrected chi connectivity index (χ3v) is 4.64. The van der Waals surface area contributed by atoms with Gasteiger partial charge in [0.25, 0.3) is 0 Å². The second-order valence-corrected chi connectivity index (χ2v) is 7.30. The molecule has 1 aromatic carbocycles. The van der Waals surface area contributed by atoms with Crippen molar-refractivity contribution in [3.05, 3.63) is 47.4 Å². The Kier molecular flexibility index (Phi) is 5.33. The number of aryl methyl sites for hydroxylation is 1. The van der Waals surface area contributed by atoms with Crippen LogP contribution in [-0.2, 0) is 22.7 Å². The quantitative estimate of drug-likeness (QED) is 0.870. The van der Waals surface area contributed by atoms with Gasteiger partial charge in [-0.3, -0.25) is 0 Å². The molecule has 6 nitrogen and oxygen atoms in total. The molecular formula is C15H17F3N4O2S. The summed E-state index contributed by atoms with van der Waals surface area (Å²) < 4.78 is 64.9. The molecule has 0 fully saturated rings. The highest BCUT2D eigenvalue weighted by Crippen LogP contribution is 2.30. The van der Waals surface area contributed by atoms with E-state index in [2.05, 4.69) is 14.7 Å². The Morgan fingerprint density at radius 3 is 2.44 bits per heavy atom. The lowest BCUT2D eigenvalue weighted by Crippen LogP contribution is -2.25. The molecule has 1 aromatic heterocycles. The van der Waals surface area contributed by atoms with Crippen LogP contribution in [0.3, 0.4) is 0 Å². The summed E-state index contributed by atoms with van der Waals surface area (Å²) in [6, 6.07) is 5.27. The lowest BCUT2D eigenvalue weighted by Gasteiger charge is -2.14. The largest absolute Gasteiger partial charge is 0.416 e. The number of benzene rings is 1. The third-order valence-electron chi connectivity index (χ3n) is 3.24. The van der Waals surface area contributed by atoms with E-state index in [4.69, 9.17) is 0 Å². The van der Waals surface area contributed by atoms with Crippen molar-refractivity contribution < 1.29 is 21.6 Å². The van der Waals surface area contributed by atoms with Crippen molar-refractivity contribution in [2.75, 3.05) is 19.0 Å². The van der Waals surface area contributed by atoms with Gasteiger partial charge in [0, 0.05) is 25.9 Å². The van der Waals surface area contributed by atoms with Crippen molar-refractivity contribution in [2.45, 2.75) is 24.5 Å². The molecule has 0 bridgehead atoms. The zero-order valence-electron chi connectivity index (χ0n) is 13.8. The molecule has 2 aromatic rings. The van der Waals surface area contributed by atoms with Gasteiger partial charge in [-0.05, 0) is 25.1 Å². The minimum Gasteiger partial charge on any atom is -0.363 e. The number of alkyl halides is 3. The average molecular weight is 374 g/mol. The number of rotatable bonds is 5. The number of nitrogens with one attached hydrogen (secondary N) is 1. The maximum atomic E-state index is 12.7. The molecule has 136 valence electrons. The highest BCUT2D eigenvalue weighted by molar-refractivity contribution is 7.89. The minimum atomic E-state index is -4.62. The summed E-state index contributed by atoms with van der Waals surface area (Å²) in [6.45, 7) is 1.50. The van der Waals surface area contributed by atoms with Crippen LogP contribution in [0.2, 0.25) is 0 Å². The Hall–Kier alpha value is -2.20. The second kappa shape index (κ2) is 6.96. The predicted molar refractivity (Wildman–Crippen MR) is 86.6 cm³/mol. The molecule has 0 amide bonds. The normalized spacial score (nSPS) is 12.2. The number of aromatic nitrogens is 2. The van der Waals surface area contributed by atoms with Crippen LogP contribution in [0, 0.1) is 6.92 Å². The van der Waals surface area contributed by atoms with Gasteiger partial charge in [0.15, 0.2) is 0 Å². The molecule has 0 aliphatic heterocycles. The molecule has 0 aliphatic carbocycles. The van der Waals surface area contributed by atoms with Crippen molar-refractivity contribution in [3.8, 4) is 0 Å². The highest BCUT2D eigenvalue weighted by atomic mass is 32.2. The molecule has 0 aliphatic rings. The van der Waals surface area contributed by atoms with Gasteiger partial charge < -0.3 is 4.90 Å². The maximum Gasteiger partial charge on any atom is 0.416 e. The Morgan fingerprint density at radius 1 is 1.16 bits per heavy atom. The zero-order valence-corrected chi connectivity index (χ0v) is 14.6. The summed E-state index contributed by atoms with van der Waals surface area (Å²) in [6.07, 6.45) is -4.62. The Labute approximate surface area is 143 Å². The fourth-order valence-corrected chi connectivity index (χ4v) is 3.03. The zero-order chi connectivity index (χ0) is 18.8. The first-order valence-electron chi connectivity index (χ1n) is 7.18. The third kappa shape index (κ3) is 4.89. The molecular weight excluding hydrogens is 357 g/mol. The first-order valence-corrected chi connectivity index (χ1v) is 8.66. The molecule has 1 N–H and O–H groups in total. The van der Waals surface area contributed by atoms with E-state index in [0.29, 0.717) is 17.6 Å². The fourth-order valence-electron chi connectivity index (χ4n) is 2.00. The second-order valence-electron chi connectivity index (χ2n) is 5.53. The number of halogens is 3. The van der Waals surface area contributed by atoms with E-state index in [9.17, 15) is 21.6 Å². The number of sulfonamides is 1. The van der Waals surface area contributed by atoms with Crippen molar-refractivity contribution in [1.29, 1.82) is 0 Å². The molecule has 0 spiro atoms. The average Bonchev–Trinajstić information content (AvgIpc) is 2.52. The van der Waals surface area contributed by atoms with Crippen LogP contribution in [0.5, 0.6) is 0 Å². The molecule has 0 atom stereocenters. The van der Waals surface area contributed by atoms with Crippen LogP contribution in [0.4, 0.5) is 19.0 Å². The highest BCUT2D eigenvalue weighted by Gasteiger charge is 2.31. The lowest BCUT2D eigenvalue weighted by atomic mass is 10.2. The maximum absolute atomic E-state index is 12.7. The van der Waals surface area contributed by atoms with Crippen molar-refractivity contribution >= 4 is 15.8 Å². The Bertz CT molecular complexity index is 867. The van der Waals surface area contributed by atoms with Gasteiger partial charge >= 0.3 is 6.18 Å². The smallest absolute Gasteiger partial charge is 0.363 e.